The van der Waals surface area contributed by atoms with Crippen LogP contribution in [0.2, 0.25) is 0 Å². The number of nitrogens with one attached hydrogen (secondary N) is 1. The summed E-state index contributed by atoms with van der Waals surface area (Å²) in [6.45, 7) is 6.39. The Morgan fingerprint density at radius 1 is 1.21 bits per heavy atom. The highest BCUT2D eigenvalue weighted by Crippen LogP contribution is 2.33. The van der Waals surface area contributed by atoms with E-state index in [2.05, 4.69) is 23.2 Å². The monoisotopic (exact) mass is 449 g/mol. The van der Waals surface area contributed by atoms with Gasteiger partial charge in [0.25, 0.3) is 0 Å². The SMILES string of the molecule is Cc1nc2cc([C@H]3CCCN3Cc3ccccc3F)nn2c(C)c1CCC(=O)NCC1CC1. The van der Waals surface area contributed by atoms with Crippen LogP contribution in [0.1, 0.15) is 66.4 Å². The molecule has 0 bridgehead atoms. The molecule has 3 aromatic rings. The minimum atomic E-state index is -0.155. The smallest absolute Gasteiger partial charge is 0.220 e. The van der Waals surface area contributed by atoms with Crippen LogP contribution in [0, 0.1) is 25.6 Å². The lowest BCUT2D eigenvalue weighted by atomic mass is 10.1. The standard InChI is InChI=1S/C26H32FN5O/c1-17-21(11-12-26(33)28-15-19-9-10-19)18(2)32-25(29-17)14-23(30-32)24-8-5-13-31(24)16-20-6-3-4-7-22(20)27/h3-4,6-7,14,19,24H,5,8-13,15-16H2,1-2H3,(H,28,33)/t24-/m1/s1. The summed E-state index contributed by atoms with van der Waals surface area (Å²) in [5.41, 5.74) is 5.63. The largest absolute Gasteiger partial charge is 0.356 e. The molecule has 0 radical (unpaired) electrons. The van der Waals surface area contributed by atoms with Crippen molar-refractivity contribution >= 4 is 11.6 Å². The van der Waals surface area contributed by atoms with Gasteiger partial charge in [-0.05, 0) is 70.0 Å². The van der Waals surface area contributed by atoms with Gasteiger partial charge in [0.2, 0.25) is 5.91 Å². The number of fused-ring (bicyclic) bond motifs is 1. The number of likely N-dealkylation sites (tertiary alicyclic amines) is 1. The number of aromatic nitrogens is 3. The quantitative estimate of drug-likeness (QED) is 0.558. The zero-order valence-electron chi connectivity index (χ0n) is 19.5. The van der Waals surface area contributed by atoms with Gasteiger partial charge in [-0.25, -0.2) is 13.9 Å². The molecule has 2 aliphatic rings. The van der Waals surface area contributed by atoms with Crippen LogP contribution in [0.4, 0.5) is 4.39 Å². The first-order valence-electron chi connectivity index (χ1n) is 12.1. The van der Waals surface area contributed by atoms with Gasteiger partial charge in [-0.3, -0.25) is 9.69 Å². The van der Waals surface area contributed by atoms with Crippen molar-refractivity contribution in [2.24, 2.45) is 5.92 Å². The molecule has 0 unspecified atom stereocenters. The Hall–Kier alpha value is -2.80. The molecule has 1 N–H and O–H groups in total. The van der Waals surface area contributed by atoms with Crippen LogP contribution in [0.15, 0.2) is 30.3 Å². The fourth-order valence-corrected chi connectivity index (χ4v) is 4.97. The summed E-state index contributed by atoms with van der Waals surface area (Å²) in [6.07, 6.45) is 5.67. The fraction of sp³-hybridized carbons (Fsp3) is 0.500. The molecule has 1 aromatic carbocycles. The predicted octanol–water partition coefficient (Wildman–Crippen LogP) is 4.28. The predicted molar refractivity (Wildman–Crippen MR) is 125 cm³/mol. The highest BCUT2D eigenvalue weighted by molar-refractivity contribution is 5.76. The molecule has 1 atom stereocenters. The number of carbonyl (C=O) groups excluding carboxylic acids is 1. The molecule has 5 rings (SSSR count). The van der Waals surface area contributed by atoms with Gasteiger partial charge in [-0.15, -0.1) is 0 Å². The molecule has 1 saturated carbocycles. The molecule has 7 heteroatoms. The highest BCUT2D eigenvalue weighted by Gasteiger charge is 2.29. The van der Waals surface area contributed by atoms with Crippen LogP contribution in [-0.2, 0) is 17.8 Å². The summed E-state index contributed by atoms with van der Waals surface area (Å²) < 4.78 is 16.1. The maximum Gasteiger partial charge on any atom is 0.220 e. The van der Waals surface area contributed by atoms with Crippen molar-refractivity contribution < 1.29 is 9.18 Å². The van der Waals surface area contributed by atoms with Gasteiger partial charge in [0, 0.05) is 42.5 Å². The average Bonchev–Trinajstić information content (AvgIpc) is 3.35. The Morgan fingerprint density at radius 3 is 2.82 bits per heavy atom. The van der Waals surface area contributed by atoms with E-state index in [1.165, 1.54) is 18.9 Å². The van der Waals surface area contributed by atoms with E-state index in [4.69, 9.17) is 10.1 Å². The van der Waals surface area contributed by atoms with Gasteiger partial charge < -0.3 is 5.32 Å². The lowest BCUT2D eigenvalue weighted by Gasteiger charge is -2.23. The maximum atomic E-state index is 14.2. The summed E-state index contributed by atoms with van der Waals surface area (Å²) in [4.78, 5) is 19.4. The third kappa shape index (κ3) is 4.78. The third-order valence-electron chi connectivity index (χ3n) is 7.11. The second kappa shape index (κ2) is 9.21. The van der Waals surface area contributed by atoms with Crippen LogP contribution in [0.3, 0.4) is 0 Å². The molecule has 33 heavy (non-hydrogen) atoms. The first kappa shape index (κ1) is 22.0. The number of aryl methyl sites for hydroxylation is 2. The molecule has 3 heterocycles. The molecule has 6 nitrogen and oxygen atoms in total. The molecule has 1 aliphatic carbocycles. The van der Waals surface area contributed by atoms with Crippen LogP contribution in [-0.4, -0.2) is 38.5 Å². The molecule has 0 spiro atoms. The van der Waals surface area contributed by atoms with E-state index in [1.807, 2.05) is 23.6 Å². The number of hydrogen-bond acceptors (Lipinski definition) is 4. The molecular weight excluding hydrogens is 417 g/mol. The van der Waals surface area contributed by atoms with E-state index in [0.29, 0.717) is 25.3 Å². The maximum absolute atomic E-state index is 14.2. The summed E-state index contributed by atoms with van der Waals surface area (Å²) in [6, 6.07) is 9.22. The van der Waals surface area contributed by atoms with Gasteiger partial charge in [0.05, 0.1) is 11.7 Å². The molecular formula is C26H32FN5O. The van der Waals surface area contributed by atoms with Crippen LogP contribution >= 0.6 is 0 Å². The molecule has 1 saturated heterocycles. The van der Waals surface area contributed by atoms with E-state index in [-0.39, 0.29) is 17.8 Å². The molecule has 2 fully saturated rings. The Labute approximate surface area is 194 Å². The lowest BCUT2D eigenvalue weighted by Crippen LogP contribution is -2.26. The minimum Gasteiger partial charge on any atom is -0.356 e. The first-order chi connectivity index (χ1) is 16.0. The van der Waals surface area contributed by atoms with E-state index in [1.54, 1.807) is 6.07 Å². The zero-order valence-corrected chi connectivity index (χ0v) is 19.5. The van der Waals surface area contributed by atoms with Crippen molar-refractivity contribution in [1.82, 2.24) is 24.8 Å². The third-order valence-corrected chi connectivity index (χ3v) is 7.11. The van der Waals surface area contributed by atoms with Gasteiger partial charge in [0.15, 0.2) is 5.65 Å². The Kier molecular flexibility index (Phi) is 6.15. The van der Waals surface area contributed by atoms with Gasteiger partial charge in [-0.1, -0.05) is 18.2 Å². The van der Waals surface area contributed by atoms with Crippen molar-refractivity contribution in [2.75, 3.05) is 13.1 Å². The Balaban J connectivity index is 1.33. The van der Waals surface area contributed by atoms with Crippen LogP contribution in [0.25, 0.3) is 5.65 Å². The van der Waals surface area contributed by atoms with E-state index in [0.717, 1.165) is 59.8 Å². The normalized spacial score (nSPS) is 18.8. The second-order valence-electron chi connectivity index (χ2n) is 9.57. The summed E-state index contributed by atoms with van der Waals surface area (Å²) in [5, 5.41) is 7.97. The second-order valence-corrected chi connectivity index (χ2v) is 9.57. The Bertz CT molecular complexity index is 1170. The van der Waals surface area contributed by atoms with Crippen LogP contribution < -0.4 is 5.32 Å². The topological polar surface area (TPSA) is 62.5 Å². The average molecular weight is 450 g/mol. The van der Waals surface area contributed by atoms with E-state index < -0.39 is 0 Å². The molecule has 1 aliphatic heterocycles. The van der Waals surface area contributed by atoms with E-state index >= 15 is 0 Å². The summed E-state index contributed by atoms with van der Waals surface area (Å²) >= 11 is 0. The number of hydrogen-bond donors (Lipinski definition) is 1. The fourth-order valence-electron chi connectivity index (χ4n) is 4.97. The van der Waals surface area contributed by atoms with Gasteiger partial charge >= 0.3 is 0 Å². The van der Waals surface area contributed by atoms with Crippen molar-refractivity contribution in [2.45, 2.75) is 65.0 Å². The van der Waals surface area contributed by atoms with Crippen molar-refractivity contribution in [3.05, 3.63) is 64.4 Å². The number of benzene rings is 1. The number of carbonyl (C=O) groups is 1. The summed E-state index contributed by atoms with van der Waals surface area (Å²) in [5.74, 6) is 0.639. The molecule has 2 aromatic heterocycles. The summed E-state index contributed by atoms with van der Waals surface area (Å²) in [7, 11) is 0. The van der Waals surface area contributed by atoms with Gasteiger partial charge in [0.1, 0.15) is 5.82 Å². The number of halogens is 1. The Morgan fingerprint density at radius 2 is 2.03 bits per heavy atom. The zero-order chi connectivity index (χ0) is 22.9. The lowest BCUT2D eigenvalue weighted by molar-refractivity contribution is -0.121. The molecule has 174 valence electrons. The minimum absolute atomic E-state index is 0.108. The van der Waals surface area contributed by atoms with Crippen LogP contribution in [0.5, 0.6) is 0 Å². The first-order valence-corrected chi connectivity index (χ1v) is 12.1. The van der Waals surface area contributed by atoms with Gasteiger partial charge in [-0.2, -0.15) is 5.10 Å². The number of nitrogens with zero attached hydrogens (tertiary/aromatic N) is 4. The van der Waals surface area contributed by atoms with Crippen molar-refractivity contribution in [3.8, 4) is 0 Å². The highest BCUT2D eigenvalue weighted by atomic mass is 19.1. The number of rotatable bonds is 8. The van der Waals surface area contributed by atoms with Crippen molar-refractivity contribution in [3.63, 3.8) is 0 Å². The van der Waals surface area contributed by atoms with Crippen molar-refractivity contribution in [1.29, 1.82) is 0 Å². The van der Waals surface area contributed by atoms with E-state index in [9.17, 15) is 9.18 Å². The number of amides is 1. The molecule has 1 amide bonds.